The zero-order chi connectivity index (χ0) is 20.8. The lowest BCUT2D eigenvalue weighted by atomic mass is 10.1. The molecule has 3 rings (SSSR count). The maximum atomic E-state index is 12.6. The van der Waals surface area contributed by atoms with Gasteiger partial charge in [-0.05, 0) is 23.8 Å². The quantitative estimate of drug-likeness (QED) is 0.738. The lowest BCUT2D eigenvalue weighted by Gasteiger charge is -2.18. The first-order valence-electron chi connectivity index (χ1n) is 8.78. The number of benzene rings is 1. The summed E-state index contributed by atoms with van der Waals surface area (Å²) in [5.74, 6) is 0.195. The predicted octanol–water partition coefficient (Wildman–Crippen LogP) is 2.17. The van der Waals surface area contributed by atoms with Crippen molar-refractivity contribution in [3.05, 3.63) is 41.6 Å². The van der Waals surface area contributed by atoms with Gasteiger partial charge < -0.3 is 15.0 Å². The molecule has 7 nitrogen and oxygen atoms in total. The van der Waals surface area contributed by atoms with Crippen LogP contribution in [0.2, 0.25) is 0 Å². The molecule has 1 atom stereocenters. The number of rotatable bonds is 7. The SMILES string of the molecule is N#C[C@@H]1CSCN1C(=O)CNC(=O)c1ccnc2ccc(COCC(F)F)cc12. The predicted molar refractivity (Wildman–Crippen MR) is 103 cm³/mol. The summed E-state index contributed by atoms with van der Waals surface area (Å²) in [5.41, 5.74) is 1.50. The number of fused-ring (bicyclic) bond motifs is 1. The largest absolute Gasteiger partial charge is 0.371 e. The van der Waals surface area contributed by atoms with Gasteiger partial charge in [0.1, 0.15) is 12.6 Å². The van der Waals surface area contributed by atoms with E-state index in [-0.39, 0.29) is 19.1 Å². The van der Waals surface area contributed by atoms with Gasteiger partial charge in [-0.3, -0.25) is 14.6 Å². The number of nitrogens with one attached hydrogen (secondary N) is 1. The Balaban J connectivity index is 1.70. The van der Waals surface area contributed by atoms with Crippen molar-refractivity contribution in [2.45, 2.75) is 19.1 Å². The van der Waals surface area contributed by atoms with E-state index in [4.69, 9.17) is 10.00 Å². The van der Waals surface area contributed by atoms with Crippen LogP contribution in [0, 0.1) is 11.3 Å². The van der Waals surface area contributed by atoms with Crippen LogP contribution in [0.5, 0.6) is 0 Å². The first-order chi connectivity index (χ1) is 14.0. The average molecular weight is 420 g/mol. The van der Waals surface area contributed by atoms with Gasteiger partial charge in [-0.25, -0.2) is 8.78 Å². The number of hydrogen-bond acceptors (Lipinski definition) is 6. The van der Waals surface area contributed by atoms with Crippen LogP contribution in [0.4, 0.5) is 8.78 Å². The Bertz CT molecular complexity index is 951. The van der Waals surface area contributed by atoms with Crippen LogP contribution in [0.25, 0.3) is 10.9 Å². The molecule has 1 aromatic carbocycles. The number of nitriles is 1. The van der Waals surface area contributed by atoms with Gasteiger partial charge in [-0.15, -0.1) is 11.8 Å². The molecule has 29 heavy (non-hydrogen) atoms. The Morgan fingerprint density at radius 3 is 3.00 bits per heavy atom. The summed E-state index contributed by atoms with van der Waals surface area (Å²) in [6.07, 6.45) is -1.07. The van der Waals surface area contributed by atoms with Gasteiger partial charge in [0.15, 0.2) is 0 Å². The Kier molecular flexibility index (Phi) is 6.95. The molecule has 2 amide bonds. The van der Waals surface area contributed by atoms with Gasteiger partial charge in [0, 0.05) is 17.3 Å². The van der Waals surface area contributed by atoms with Crippen LogP contribution >= 0.6 is 11.8 Å². The monoisotopic (exact) mass is 420 g/mol. The van der Waals surface area contributed by atoms with E-state index in [0.717, 1.165) is 0 Å². The van der Waals surface area contributed by atoms with Crippen molar-refractivity contribution in [1.82, 2.24) is 15.2 Å². The topological polar surface area (TPSA) is 95.3 Å². The summed E-state index contributed by atoms with van der Waals surface area (Å²) in [6.45, 7) is -0.908. The molecule has 2 aromatic rings. The number of carbonyl (C=O) groups is 2. The molecule has 2 heterocycles. The smallest absolute Gasteiger partial charge is 0.261 e. The number of ether oxygens (including phenoxy) is 1. The zero-order valence-corrected chi connectivity index (χ0v) is 16.1. The summed E-state index contributed by atoms with van der Waals surface area (Å²) in [6, 6.07) is 8.14. The molecule has 0 aliphatic carbocycles. The summed E-state index contributed by atoms with van der Waals surface area (Å²) >= 11 is 1.49. The molecule has 0 spiro atoms. The summed E-state index contributed by atoms with van der Waals surface area (Å²) in [5, 5.41) is 12.2. The second-order valence-corrected chi connectivity index (χ2v) is 7.31. The van der Waals surface area contributed by atoms with Crippen LogP contribution in [0.15, 0.2) is 30.5 Å². The van der Waals surface area contributed by atoms with Gasteiger partial charge >= 0.3 is 0 Å². The van der Waals surface area contributed by atoms with E-state index in [1.54, 1.807) is 18.2 Å². The van der Waals surface area contributed by atoms with Crippen LogP contribution in [-0.2, 0) is 16.1 Å². The molecule has 10 heteroatoms. The van der Waals surface area contributed by atoms with E-state index in [9.17, 15) is 18.4 Å². The Hall–Kier alpha value is -2.77. The molecular weight excluding hydrogens is 402 g/mol. The van der Waals surface area contributed by atoms with E-state index in [0.29, 0.717) is 33.7 Å². The molecule has 1 N–H and O–H groups in total. The Morgan fingerprint density at radius 1 is 1.41 bits per heavy atom. The first-order valence-corrected chi connectivity index (χ1v) is 9.93. The van der Waals surface area contributed by atoms with Crippen molar-refractivity contribution in [3.8, 4) is 6.07 Å². The molecule has 152 valence electrons. The number of pyridine rings is 1. The highest BCUT2D eigenvalue weighted by atomic mass is 32.2. The number of aromatic nitrogens is 1. The third-order valence-electron chi connectivity index (χ3n) is 4.32. The van der Waals surface area contributed by atoms with E-state index >= 15 is 0 Å². The second kappa shape index (κ2) is 9.62. The minimum atomic E-state index is -2.55. The third-order valence-corrected chi connectivity index (χ3v) is 5.33. The molecule has 0 unspecified atom stereocenters. The van der Waals surface area contributed by atoms with E-state index in [2.05, 4.69) is 16.4 Å². The molecule has 1 fully saturated rings. The number of thioether (sulfide) groups is 1. The van der Waals surface area contributed by atoms with Crippen molar-refractivity contribution < 1.29 is 23.1 Å². The molecule has 0 bridgehead atoms. The van der Waals surface area contributed by atoms with Crippen molar-refractivity contribution in [3.63, 3.8) is 0 Å². The number of nitrogens with zero attached hydrogens (tertiary/aromatic N) is 3. The fraction of sp³-hybridized carbons (Fsp3) is 0.368. The minimum absolute atomic E-state index is 0.0170. The second-order valence-electron chi connectivity index (χ2n) is 6.31. The van der Waals surface area contributed by atoms with Crippen molar-refractivity contribution in [1.29, 1.82) is 5.26 Å². The lowest BCUT2D eigenvalue weighted by molar-refractivity contribution is -0.129. The van der Waals surface area contributed by atoms with Crippen LogP contribution in [-0.4, -0.2) is 58.9 Å². The maximum absolute atomic E-state index is 12.6. The Labute approximate surface area is 170 Å². The third kappa shape index (κ3) is 5.19. The maximum Gasteiger partial charge on any atom is 0.261 e. The molecule has 0 saturated carbocycles. The number of alkyl halides is 2. The van der Waals surface area contributed by atoms with E-state index in [1.807, 2.05) is 0 Å². The molecule has 0 radical (unpaired) electrons. The molecule has 1 aliphatic heterocycles. The zero-order valence-electron chi connectivity index (χ0n) is 15.3. The summed E-state index contributed by atoms with van der Waals surface area (Å²) < 4.78 is 29.4. The fourth-order valence-corrected chi connectivity index (χ4v) is 4.00. The van der Waals surface area contributed by atoms with Crippen LogP contribution in [0.1, 0.15) is 15.9 Å². The van der Waals surface area contributed by atoms with Gasteiger partial charge in [0.25, 0.3) is 12.3 Å². The minimum Gasteiger partial charge on any atom is -0.371 e. The van der Waals surface area contributed by atoms with Gasteiger partial charge in [-0.1, -0.05) is 6.07 Å². The van der Waals surface area contributed by atoms with Crippen LogP contribution in [0.3, 0.4) is 0 Å². The normalized spacial score (nSPS) is 16.2. The van der Waals surface area contributed by atoms with E-state index in [1.165, 1.54) is 28.9 Å². The Morgan fingerprint density at radius 2 is 2.24 bits per heavy atom. The molecular formula is C19H18F2N4O3S. The first kappa shape index (κ1) is 21.0. The molecule has 1 saturated heterocycles. The number of carbonyl (C=O) groups excluding carboxylic acids is 2. The van der Waals surface area contributed by atoms with Gasteiger partial charge in [-0.2, -0.15) is 5.26 Å². The highest BCUT2D eigenvalue weighted by molar-refractivity contribution is 7.99. The van der Waals surface area contributed by atoms with Crippen LogP contribution < -0.4 is 5.32 Å². The highest BCUT2D eigenvalue weighted by Gasteiger charge is 2.29. The molecule has 1 aromatic heterocycles. The summed E-state index contributed by atoms with van der Waals surface area (Å²) in [7, 11) is 0. The van der Waals surface area contributed by atoms with Gasteiger partial charge in [0.2, 0.25) is 5.91 Å². The summed E-state index contributed by atoms with van der Waals surface area (Å²) in [4.78, 5) is 30.6. The highest BCUT2D eigenvalue weighted by Crippen LogP contribution is 2.21. The van der Waals surface area contributed by atoms with Crippen molar-refractivity contribution in [2.75, 3.05) is 24.8 Å². The average Bonchev–Trinajstić information content (AvgIpc) is 3.20. The number of halogens is 2. The fourth-order valence-electron chi connectivity index (χ4n) is 2.90. The number of amides is 2. The van der Waals surface area contributed by atoms with Crippen molar-refractivity contribution >= 4 is 34.5 Å². The van der Waals surface area contributed by atoms with Gasteiger partial charge in [0.05, 0.1) is 36.2 Å². The lowest BCUT2D eigenvalue weighted by Crippen LogP contribution is -2.42. The van der Waals surface area contributed by atoms with E-state index < -0.39 is 25.0 Å². The standard InChI is InChI=1S/C19H18F2N4O3S/c20-17(21)9-28-8-12-1-2-16-15(5-12)14(3-4-23-16)19(27)24-7-18(26)25-11-29-10-13(25)6-22/h1-5,13,17H,7-11H2,(H,24,27)/t13-/m1/s1. The van der Waals surface area contributed by atoms with Crippen molar-refractivity contribution in [2.24, 2.45) is 0 Å². The number of hydrogen-bond donors (Lipinski definition) is 1. The molecule has 1 aliphatic rings.